The van der Waals surface area contributed by atoms with Crippen LogP contribution in [0.15, 0.2) is 12.2 Å². The number of carbonyl (C=O) groups is 1. The van der Waals surface area contributed by atoms with Crippen LogP contribution in [-0.2, 0) is 18.1 Å². The number of rotatable bonds is 14. The van der Waals surface area contributed by atoms with Gasteiger partial charge in [0.15, 0.2) is 5.78 Å². The summed E-state index contributed by atoms with van der Waals surface area (Å²) in [6.07, 6.45) is 5.52. The summed E-state index contributed by atoms with van der Waals surface area (Å²) >= 11 is 0. The fraction of sp³-hybridized carbons (Fsp3) is 0.812. The molecule has 0 saturated carbocycles. The Morgan fingerprint density at radius 1 is 1.18 bits per heavy atom. The average Bonchev–Trinajstić information content (AvgIpc) is 2.53. The molecule has 22 heavy (non-hydrogen) atoms. The smallest absolute Gasteiger partial charge is 0.396 e. The van der Waals surface area contributed by atoms with Gasteiger partial charge in [-0.15, -0.1) is 0 Å². The van der Waals surface area contributed by atoms with Crippen LogP contribution < -0.4 is 0 Å². The minimum Gasteiger partial charge on any atom is -0.396 e. The molecule has 0 fully saturated rings. The van der Waals surface area contributed by atoms with Crippen molar-refractivity contribution in [1.29, 1.82) is 0 Å². The van der Waals surface area contributed by atoms with E-state index in [4.69, 9.17) is 18.4 Å². The third kappa shape index (κ3) is 8.19. The minimum absolute atomic E-state index is 0.0582. The highest BCUT2D eigenvalue weighted by atomic mass is 28.4. The van der Waals surface area contributed by atoms with Gasteiger partial charge in [-0.05, 0) is 38.7 Å². The van der Waals surface area contributed by atoms with Gasteiger partial charge in [-0.3, -0.25) is 4.79 Å². The van der Waals surface area contributed by atoms with Crippen LogP contribution in [0.2, 0.25) is 6.04 Å². The maximum absolute atomic E-state index is 12.1. The van der Waals surface area contributed by atoms with Crippen LogP contribution in [0.25, 0.3) is 0 Å². The number of carbonyl (C=O) groups excluding carboxylic acids is 1. The van der Waals surface area contributed by atoms with E-state index in [0.717, 1.165) is 12.8 Å². The van der Waals surface area contributed by atoms with Gasteiger partial charge in [0.2, 0.25) is 0 Å². The van der Waals surface area contributed by atoms with Gasteiger partial charge < -0.3 is 18.4 Å². The molecule has 130 valence electrons. The maximum Gasteiger partial charge on any atom is 0.501 e. The Bertz CT molecular complexity index is 298. The van der Waals surface area contributed by atoms with Gasteiger partial charge in [0, 0.05) is 25.9 Å². The number of aliphatic hydroxyl groups is 1. The number of hydrogen-bond donors (Lipinski definition) is 1. The normalized spacial score (nSPS) is 13.7. The van der Waals surface area contributed by atoms with Crippen LogP contribution >= 0.6 is 0 Å². The zero-order valence-corrected chi connectivity index (χ0v) is 15.5. The zero-order valence-electron chi connectivity index (χ0n) is 14.5. The molecule has 0 spiro atoms. The van der Waals surface area contributed by atoms with Crippen molar-refractivity contribution in [3.8, 4) is 0 Å². The summed E-state index contributed by atoms with van der Waals surface area (Å²) in [5.41, 5.74) is 0. The molecule has 1 atom stereocenters. The Labute approximate surface area is 136 Å². The van der Waals surface area contributed by atoms with Crippen LogP contribution in [-0.4, -0.2) is 45.6 Å². The van der Waals surface area contributed by atoms with Gasteiger partial charge in [0.25, 0.3) is 0 Å². The van der Waals surface area contributed by atoms with Crippen molar-refractivity contribution in [3.05, 3.63) is 12.2 Å². The first-order chi connectivity index (χ1) is 10.6. The summed E-state index contributed by atoms with van der Waals surface area (Å²) in [6.45, 7) is 8.90. The van der Waals surface area contributed by atoms with E-state index in [2.05, 4.69) is 0 Å². The summed E-state index contributed by atoms with van der Waals surface area (Å²) < 4.78 is 18.0. The fourth-order valence-electron chi connectivity index (χ4n) is 1.95. The summed E-state index contributed by atoms with van der Waals surface area (Å²) in [5.74, 6) is -0.0638. The highest BCUT2D eigenvalue weighted by Crippen LogP contribution is 2.22. The third-order valence-electron chi connectivity index (χ3n) is 3.03. The van der Waals surface area contributed by atoms with E-state index in [0.29, 0.717) is 32.1 Å². The van der Waals surface area contributed by atoms with Crippen LogP contribution in [0, 0.1) is 0 Å². The van der Waals surface area contributed by atoms with Crippen LogP contribution in [0.3, 0.4) is 0 Å². The van der Waals surface area contributed by atoms with Crippen molar-refractivity contribution in [3.63, 3.8) is 0 Å². The van der Waals surface area contributed by atoms with Gasteiger partial charge in [0.1, 0.15) is 6.10 Å². The zero-order chi connectivity index (χ0) is 16.8. The molecule has 0 saturated heterocycles. The molecule has 0 bridgehead atoms. The summed E-state index contributed by atoms with van der Waals surface area (Å²) in [5, 5.41) is 9.14. The number of ketones is 1. The first-order valence-electron chi connectivity index (χ1n) is 8.32. The topological polar surface area (TPSA) is 65.0 Å². The molecule has 0 aromatic carbocycles. The first-order valence-corrected chi connectivity index (χ1v) is 10.2. The van der Waals surface area contributed by atoms with Gasteiger partial charge in [-0.1, -0.05) is 26.8 Å². The molecule has 0 radical (unpaired) electrons. The predicted octanol–water partition coefficient (Wildman–Crippen LogP) is 3.10. The lowest BCUT2D eigenvalue weighted by atomic mass is 10.2. The maximum atomic E-state index is 12.1. The quantitative estimate of drug-likeness (QED) is 0.391. The molecule has 0 aliphatic carbocycles. The molecule has 1 unspecified atom stereocenters. The van der Waals surface area contributed by atoms with Crippen molar-refractivity contribution in [1.82, 2.24) is 0 Å². The van der Waals surface area contributed by atoms with Gasteiger partial charge in [0.05, 0.1) is 0 Å². The summed E-state index contributed by atoms with van der Waals surface area (Å²) in [6, 6.07) is 0.531. The van der Waals surface area contributed by atoms with Crippen molar-refractivity contribution in [2.24, 2.45) is 0 Å². The SMILES string of the molecule is CC=CC(=O)C(CC)O[Si](CCCO)(OCCC)OCCC. The van der Waals surface area contributed by atoms with E-state index in [-0.39, 0.29) is 12.4 Å². The lowest BCUT2D eigenvalue weighted by molar-refractivity contribution is -0.124. The molecule has 1 N–H and O–H groups in total. The standard InChI is InChI=1S/C16H32O5Si/c1-5-10-15(18)16(8-4)21-22(14-9-11-17,19-12-6-2)20-13-7-3/h5,10,16-17H,6-9,11-14H2,1-4H3. The molecule has 0 rings (SSSR count). The van der Waals surface area contributed by atoms with E-state index in [1.807, 2.05) is 27.7 Å². The Morgan fingerprint density at radius 3 is 2.18 bits per heavy atom. The van der Waals surface area contributed by atoms with E-state index >= 15 is 0 Å². The average molecular weight is 333 g/mol. The third-order valence-corrected chi connectivity index (χ3v) is 5.93. The van der Waals surface area contributed by atoms with Gasteiger partial charge in [-0.25, -0.2) is 0 Å². The molecule has 0 aliphatic rings. The summed E-state index contributed by atoms with van der Waals surface area (Å²) in [4.78, 5) is 12.1. The largest absolute Gasteiger partial charge is 0.501 e. The Kier molecular flexibility index (Phi) is 12.6. The number of aliphatic hydroxyl groups excluding tert-OH is 1. The highest BCUT2D eigenvalue weighted by Gasteiger charge is 2.43. The molecule has 0 aromatic heterocycles. The molecule has 5 nitrogen and oxygen atoms in total. The second-order valence-corrected chi connectivity index (χ2v) is 7.80. The number of hydrogen-bond acceptors (Lipinski definition) is 5. The van der Waals surface area contributed by atoms with Crippen molar-refractivity contribution < 1.29 is 23.2 Å². The van der Waals surface area contributed by atoms with Crippen molar-refractivity contribution >= 4 is 14.6 Å². The minimum atomic E-state index is -2.95. The lowest BCUT2D eigenvalue weighted by Crippen LogP contribution is -2.50. The van der Waals surface area contributed by atoms with Crippen molar-refractivity contribution in [2.75, 3.05) is 19.8 Å². The molecule has 0 amide bonds. The van der Waals surface area contributed by atoms with Crippen molar-refractivity contribution in [2.45, 2.75) is 65.5 Å². The fourth-order valence-corrected chi connectivity index (χ4v) is 4.92. The second kappa shape index (κ2) is 13.0. The van der Waals surface area contributed by atoms with Gasteiger partial charge in [-0.2, -0.15) is 0 Å². The highest BCUT2D eigenvalue weighted by molar-refractivity contribution is 6.61. The molecule has 0 aliphatic heterocycles. The molecule has 0 aromatic rings. The Balaban J connectivity index is 5.13. The number of allylic oxidation sites excluding steroid dienone is 1. The lowest BCUT2D eigenvalue weighted by Gasteiger charge is -2.32. The molecule has 6 heteroatoms. The Morgan fingerprint density at radius 2 is 1.77 bits per heavy atom. The Hall–Kier alpha value is -0.533. The molecular formula is C16H32O5Si. The second-order valence-electron chi connectivity index (χ2n) is 5.12. The van der Waals surface area contributed by atoms with Gasteiger partial charge >= 0.3 is 8.80 Å². The van der Waals surface area contributed by atoms with Crippen LogP contribution in [0.1, 0.15) is 53.4 Å². The van der Waals surface area contributed by atoms with Crippen LogP contribution in [0.5, 0.6) is 0 Å². The van der Waals surface area contributed by atoms with E-state index in [1.165, 1.54) is 6.08 Å². The monoisotopic (exact) mass is 332 g/mol. The summed E-state index contributed by atoms with van der Waals surface area (Å²) in [7, 11) is -2.95. The molecule has 0 heterocycles. The van der Waals surface area contributed by atoms with Crippen LogP contribution in [0.4, 0.5) is 0 Å². The first kappa shape index (κ1) is 21.5. The van der Waals surface area contributed by atoms with E-state index < -0.39 is 14.9 Å². The predicted molar refractivity (Wildman–Crippen MR) is 89.7 cm³/mol. The van der Waals surface area contributed by atoms with E-state index in [9.17, 15) is 4.79 Å². The molecular weight excluding hydrogens is 300 g/mol. The van der Waals surface area contributed by atoms with E-state index in [1.54, 1.807) is 6.08 Å².